The Kier molecular flexibility index (Phi) is 4.62. The van der Waals surface area contributed by atoms with E-state index in [0.717, 1.165) is 12.5 Å². The molecule has 0 aromatic carbocycles. The Labute approximate surface area is 76.1 Å². The molecule has 1 atom stereocenters. The number of likely N-dealkylation sites (tertiary alicyclic amines) is 1. The minimum atomic E-state index is 0.744. The van der Waals surface area contributed by atoms with Crippen molar-refractivity contribution in [2.75, 3.05) is 26.2 Å². The van der Waals surface area contributed by atoms with E-state index in [4.69, 9.17) is 5.73 Å². The molecule has 2 nitrogen and oxygen atoms in total. The largest absolute Gasteiger partial charge is 0.330 e. The summed E-state index contributed by atoms with van der Waals surface area (Å²) in [5.74, 6) is 0.744. The van der Waals surface area contributed by atoms with Gasteiger partial charge < -0.3 is 10.6 Å². The van der Waals surface area contributed by atoms with Gasteiger partial charge in [-0.25, -0.2) is 0 Å². The third-order valence-corrected chi connectivity index (χ3v) is 2.75. The highest BCUT2D eigenvalue weighted by atomic mass is 15.1. The molecular weight excluding hydrogens is 148 g/mol. The van der Waals surface area contributed by atoms with Crippen LogP contribution in [0.3, 0.4) is 0 Å². The molecule has 0 saturated carbocycles. The highest BCUT2D eigenvalue weighted by molar-refractivity contribution is 4.71. The van der Waals surface area contributed by atoms with Crippen LogP contribution in [-0.2, 0) is 0 Å². The summed E-state index contributed by atoms with van der Waals surface area (Å²) in [6.45, 7) is 6.96. The first-order chi connectivity index (χ1) is 5.86. The number of nitrogens with two attached hydrogens (primary N) is 1. The topological polar surface area (TPSA) is 29.3 Å². The molecule has 2 heteroatoms. The third-order valence-electron chi connectivity index (χ3n) is 2.75. The fourth-order valence-corrected chi connectivity index (χ4v) is 2.02. The van der Waals surface area contributed by atoms with E-state index >= 15 is 0 Å². The second-order valence-corrected chi connectivity index (χ2v) is 3.90. The lowest BCUT2D eigenvalue weighted by Crippen LogP contribution is -2.30. The second kappa shape index (κ2) is 5.55. The molecule has 0 bridgehead atoms. The third kappa shape index (κ3) is 3.11. The van der Waals surface area contributed by atoms with Crippen LogP contribution in [0.25, 0.3) is 0 Å². The van der Waals surface area contributed by atoms with Gasteiger partial charge in [0, 0.05) is 6.54 Å². The van der Waals surface area contributed by atoms with Gasteiger partial charge in [-0.3, -0.25) is 0 Å². The van der Waals surface area contributed by atoms with E-state index in [9.17, 15) is 0 Å². The summed E-state index contributed by atoms with van der Waals surface area (Å²) >= 11 is 0. The Hall–Kier alpha value is -0.0800. The van der Waals surface area contributed by atoms with Crippen LogP contribution in [0, 0.1) is 5.92 Å². The van der Waals surface area contributed by atoms with Crippen LogP contribution in [0.15, 0.2) is 0 Å². The first-order valence-electron chi connectivity index (χ1n) is 5.29. The summed E-state index contributed by atoms with van der Waals surface area (Å²) in [6.07, 6.45) is 5.36. The standard InChI is InChI=1S/C10H22N2/c1-2-5-10(8-11)9-12-6-3-4-7-12/h10H,2-9,11H2,1H3. The molecular formula is C10H22N2. The molecule has 1 rings (SSSR count). The maximum atomic E-state index is 5.71. The van der Waals surface area contributed by atoms with Crippen LogP contribution in [0.1, 0.15) is 32.6 Å². The molecule has 1 heterocycles. The molecule has 1 aliphatic rings. The molecule has 0 aliphatic carbocycles. The lowest BCUT2D eigenvalue weighted by molar-refractivity contribution is 0.271. The molecule has 0 aromatic heterocycles. The lowest BCUT2D eigenvalue weighted by atomic mass is 10.0. The van der Waals surface area contributed by atoms with Gasteiger partial charge >= 0.3 is 0 Å². The zero-order chi connectivity index (χ0) is 8.81. The Balaban J connectivity index is 2.16. The summed E-state index contributed by atoms with van der Waals surface area (Å²) in [4.78, 5) is 2.56. The van der Waals surface area contributed by atoms with Gasteiger partial charge in [0.1, 0.15) is 0 Å². The fraction of sp³-hybridized carbons (Fsp3) is 1.00. The average molecular weight is 170 g/mol. The molecule has 0 spiro atoms. The number of nitrogens with zero attached hydrogens (tertiary/aromatic N) is 1. The van der Waals surface area contributed by atoms with E-state index < -0.39 is 0 Å². The van der Waals surface area contributed by atoms with Crippen molar-refractivity contribution >= 4 is 0 Å². The zero-order valence-electron chi connectivity index (χ0n) is 8.26. The van der Waals surface area contributed by atoms with Crippen molar-refractivity contribution in [2.24, 2.45) is 11.7 Å². The average Bonchev–Trinajstić information content (AvgIpc) is 2.56. The van der Waals surface area contributed by atoms with Crippen molar-refractivity contribution in [3.8, 4) is 0 Å². The van der Waals surface area contributed by atoms with Gasteiger partial charge in [-0.15, -0.1) is 0 Å². The first-order valence-corrected chi connectivity index (χ1v) is 5.29. The number of rotatable bonds is 5. The van der Waals surface area contributed by atoms with Crippen LogP contribution in [0.4, 0.5) is 0 Å². The Morgan fingerprint density at radius 2 is 2.00 bits per heavy atom. The number of hydrogen-bond donors (Lipinski definition) is 1. The van der Waals surface area contributed by atoms with E-state index in [1.54, 1.807) is 0 Å². The molecule has 0 amide bonds. The maximum absolute atomic E-state index is 5.71. The van der Waals surface area contributed by atoms with Crippen LogP contribution in [0.5, 0.6) is 0 Å². The van der Waals surface area contributed by atoms with Crippen LogP contribution in [0.2, 0.25) is 0 Å². The SMILES string of the molecule is CCCC(CN)CN1CCCC1. The normalized spacial score (nSPS) is 21.5. The molecule has 12 heavy (non-hydrogen) atoms. The van der Waals surface area contributed by atoms with Gasteiger partial charge in [0.15, 0.2) is 0 Å². The van der Waals surface area contributed by atoms with Crippen molar-refractivity contribution in [2.45, 2.75) is 32.6 Å². The smallest absolute Gasteiger partial charge is 0.00217 e. The molecule has 2 N–H and O–H groups in total. The van der Waals surface area contributed by atoms with Gasteiger partial charge in [-0.2, -0.15) is 0 Å². The molecule has 1 saturated heterocycles. The van der Waals surface area contributed by atoms with Gasteiger partial charge in [0.2, 0.25) is 0 Å². The van der Waals surface area contributed by atoms with E-state index in [0.29, 0.717) is 0 Å². The summed E-state index contributed by atoms with van der Waals surface area (Å²) in [5, 5.41) is 0. The van der Waals surface area contributed by atoms with Gasteiger partial charge in [0.05, 0.1) is 0 Å². The van der Waals surface area contributed by atoms with Crippen molar-refractivity contribution in [1.82, 2.24) is 4.90 Å². The highest BCUT2D eigenvalue weighted by Crippen LogP contribution is 2.12. The minimum absolute atomic E-state index is 0.744. The first kappa shape index (κ1) is 10.0. The lowest BCUT2D eigenvalue weighted by Gasteiger charge is -2.21. The molecule has 1 unspecified atom stereocenters. The summed E-state index contributed by atoms with van der Waals surface area (Å²) in [7, 11) is 0. The van der Waals surface area contributed by atoms with Crippen molar-refractivity contribution < 1.29 is 0 Å². The maximum Gasteiger partial charge on any atom is 0.00217 e. The summed E-state index contributed by atoms with van der Waals surface area (Å²) < 4.78 is 0. The van der Waals surface area contributed by atoms with Gasteiger partial charge in [0.25, 0.3) is 0 Å². The minimum Gasteiger partial charge on any atom is -0.330 e. The predicted molar refractivity (Wildman–Crippen MR) is 53.1 cm³/mol. The van der Waals surface area contributed by atoms with Crippen molar-refractivity contribution in [3.05, 3.63) is 0 Å². The zero-order valence-corrected chi connectivity index (χ0v) is 8.26. The molecule has 0 aromatic rings. The highest BCUT2D eigenvalue weighted by Gasteiger charge is 2.15. The Bertz CT molecular complexity index is 108. The Morgan fingerprint density at radius 3 is 2.50 bits per heavy atom. The van der Waals surface area contributed by atoms with E-state index in [2.05, 4.69) is 11.8 Å². The number of hydrogen-bond acceptors (Lipinski definition) is 2. The molecule has 72 valence electrons. The predicted octanol–water partition coefficient (Wildman–Crippen LogP) is 1.46. The Morgan fingerprint density at radius 1 is 1.33 bits per heavy atom. The fourth-order valence-electron chi connectivity index (χ4n) is 2.02. The van der Waals surface area contributed by atoms with Gasteiger partial charge in [-0.05, 0) is 44.8 Å². The van der Waals surface area contributed by atoms with Crippen LogP contribution < -0.4 is 5.73 Å². The quantitative estimate of drug-likeness (QED) is 0.677. The molecule has 1 fully saturated rings. The molecule has 1 aliphatic heterocycles. The summed E-state index contributed by atoms with van der Waals surface area (Å²) in [6, 6.07) is 0. The van der Waals surface area contributed by atoms with Crippen molar-refractivity contribution in [3.63, 3.8) is 0 Å². The van der Waals surface area contributed by atoms with Crippen LogP contribution >= 0.6 is 0 Å². The monoisotopic (exact) mass is 170 g/mol. The van der Waals surface area contributed by atoms with E-state index in [1.165, 1.54) is 45.3 Å². The van der Waals surface area contributed by atoms with Gasteiger partial charge in [-0.1, -0.05) is 13.3 Å². The van der Waals surface area contributed by atoms with Crippen molar-refractivity contribution in [1.29, 1.82) is 0 Å². The van der Waals surface area contributed by atoms with Crippen LogP contribution in [-0.4, -0.2) is 31.1 Å². The second-order valence-electron chi connectivity index (χ2n) is 3.90. The van der Waals surface area contributed by atoms with E-state index in [-0.39, 0.29) is 0 Å². The summed E-state index contributed by atoms with van der Waals surface area (Å²) in [5.41, 5.74) is 5.71. The van der Waals surface area contributed by atoms with E-state index in [1.807, 2.05) is 0 Å². The molecule has 0 radical (unpaired) electrons.